The van der Waals surface area contributed by atoms with Crippen LogP contribution < -0.4 is 9.46 Å². The number of rotatable bonds is 6. The number of nitrogens with zero attached hydrogens (tertiary/aromatic N) is 1. The average Bonchev–Trinajstić information content (AvgIpc) is 3.11. The van der Waals surface area contributed by atoms with Gasteiger partial charge in [0.05, 0.1) is 17.7 Å². The molecule has 31 heavy (non-hydrogen) atoms. The monoisotopic (exact) mass is 498 g/mol. The van der Waals surface area contributed by atoms with Crippen molar-refractivity contribution in [3.05, 3.63) is 83.0 Å². The summed E-state index contributed by atoms with van der Waals surface area (Å²) >= 11 is 3.29. The second-order valence-corrected chi connectivity index (χ2v) is 9.27. The van der Waals surface area contributed by atoms with E-state index in [1.54, 1.807) is 32.2 Å². The van der Waals surface area contributed by atoms with Crippen LogP contribution in [0.3, 0.4) is 0 Å². The highest BCUT2D eigenvalue weighted by Gasteiger charge is 2.22. The minimum atomic E-state index is -3.91. The Balaban J connectivity index is 1.86. The number of aryl methyl sites for hydroxylation is 1. The Kier molecular flexibility index (Phi) is 5.84. The molecule has 158 valence electrons. The van der Waals surface area contributed by atoms with Gasteiger partial charge in [0, 0.05) is 5.56 Å². The Bertz CT molecular complexity index is 1330. The Hall–Kier alpha value is -3.10. The van der Waals surface area contributed by atoms with E-state index in [1.165, 1.54) is 0 Å². The van der Waals surface area contributed by atoms with Crippen LogP contribution in [0.15, 0.2) is 86.7 Å². The van der Waals surface area contributed by atoms with Crippen LogP contribution in [0.5, 0.6) is 5.75 Å². The minimum Gasteiger partial charge on any atom is -0.496 e. The van der Waals surface area contributed by atoms with Gasteiger partial charge < -0.3 is 9.26 Å². The Morgan fingerprint density at radius 3 is 2.32 bits per heavy atom. The fraction of sp³-hybridized carbons (Fsp3) is 0.0870. The van der Waals surface area contributed by atoms with Crippen LogP contribution in [-0.4, -0.2) is 20.7 Å². The van der Waals surface area contributed by atoms with Crippen molar-refractivity contribution in [1.29, 1.82) is 0 Å². The molecule has 0 spiro atoms. The quantitative estimate of drug-likeness (QED) is 0.358. The van der Waals surface area contributed by atoms with E-state index in [2.05, 4.69) is 25.8 Å². The predicted octanol–water partition coefficient (Wildman–Crippen LogP) is 5.89. The maximum absolute atomic E-state index is 13.1. The van der Waals surface area contributed by atoms with E-state index in [4.69, 9.17) is 9.26 Å². The maximum atomic E-state index is 13.1. The smallest absolute Gasteiger partial charge is 0.264 e. The molecule has 0 bridgehead atoms. The molecule has 0 aliphatic rings. The van der Waals surface area contributed by atoms with E-state index in [0.717, 1.165) is 22.3 Å². The van der Waals surface area contributed by atoms with Crippen molar-refractivity contribution >= 4 is 31.8 Å². The molecule has 0 radical (unpaired) electrons. The Morgan fingerprint density at radius 1 is 0.935 bits per heavy atom. The van der Waals surface area contributed by atoms with Gasteiger partial charge in [0.25, 0.3) is 15.9 Å². The number of aromatic nitrogens is 1. The first-order valence-electron chi connectivity index (χ1n) is 9.38. The molecule has 0 fully saturated rings. The number of methoxy groups -OCH3 is 1. The molecule has 0 unspecified atom stereocenters. The van der Waals surface area contributed by atoms with Gasteiger partial charge in [0.15, 0.2) is 0 Å². The summed E-state index contributed by atoms with van der Waals surface area (Å²) in [5, 5.41) is 3.77. The number of ether oxygens (including phenoxy) is 1. The summed E-state index contributed by atoms with van der Waals surface area (Å²) in [6.07, 6.45) is 0. The molecule has 1 heterocycles. The summed E-state index contributed by atoms with van der Waals surface area (Å²) in [4.78, 5) is 0.103. The number of sulfonamides is 1. The number of para-hydroxylation sites is 1. The molecule has 0 amide bonds. The molecule has 4 rings (SSSR count). The molecule has 3 aromatic carbocycles. The van der Waals surface area contributed by atoms with Gasteiger partial charge in [-0.3, -0.25) is 0 Å². The maximum Gasteiger partial charge on any atom is 0.264 e. The third kappa shape index (κ3) is 4.22. The van der Waals surface area contributed by atoms with Crippen molar-refractivity contribution in [2.75, 3.05) is 11.8 Å². The van der Waals surface area contributed by atoms with Crippen molar-refractivity contribution in [1.82, 2.24) is 5.16 Å². The zero-order chi connectivity index (χ0) is 22.0. The van der Waals surface area contributed by atoms with Crippen LogP contribution >= 0.6 is 15.9 Å². The van der Waals surface area contributed by atoms with Crippen molar-refractivity contribution in [3.63, 3.8) is 0 Å². The van der Waals surface area contributed by atoms with Gasteiger partial charge in [-0.2, -0.15) is 0 Å². The number of anilines is 1. The van der Waals surface area contributed by atoms with Crippen molar-refractivity contribution in [3.8, 4) is 28.0 Å². The highest BCUT2D eigenvalue weighted by atomic mass is 79.9. The van der Waals surface area contributed by atoms with Crippen LogP contribution in [0, 0.1) is 6.92 Å². The van der Waals surface area contributed by atoms with E-state index in [-0.39, 0.29) is 10.8 Å². The third-order valence-corrected chi connectivity index (χ3v) is 7.06. The number of hydrogen-bond donors (Lipinski definition) is 1. The van der Waals surface area contributed by atoms with Gasteiger partial charge in [-0.1, -0.05) is 59.8 Å². The van der Waals surface area contributed by atoms with E-state index < -0.39 is 10.0 Å². The summed E-state index contributed by atoms with van der Waals surface area (Å²) in [5.74, 6) is 0.738. The Labute approximate surface area is 189 Å². The normalized spacial score (nSPS) is 11.3. The van der Waals surface area contributed by atoms with Gasteiger partial charge in [-0.25, -0.2) is 13.1 Å². The standard InChI is InChI=1S/C23H19BrN2O4S/c1-15-22(24)23(30-25-15)26-31(27,28)17-12-13-18(19-10-6-7-11-21(19)29-2)20(14-17)16-8-4-3-5-9-16/h3-14,26H,1-2H3. The van der Waals surface area contributed by atoms with Crippen LogP contribution in [0.25, 0.3) is 22.3 Å². The average molecular weight is 499 g/mol. The van der Waals surface area contributed by atoms with Gasteiger partial charge in [0.1, 0.15) is 10.2 Å². The molecule has 0 saturated carbocycles. The van der Waals surface area contributed by atoms with Gasteiger partial charge >= 0.3 is 0 Å². The number of hydrogen-bond acceptors (Lipinski definition) is 5. The molecular weight excluding hydrogens is 480 g/mol. The summed E-state index contributed by atoms with van der Waals surface area (Å²) in [7, 11) is -2.30. The summed E-state index contributed by atoms with van der Waals surface area (Å²) < 4.78 is 39.7. The largest absolute Gasteiger partial charge is 0.496 e. The molecule has 0 saturated heterocycles. The SMILES string of the molecule is COc1ccccc1-c1ccc(S(=O)(=O)Nc2onc(C)c2Br)cc1-c1ccccc1. The highest BCUT2D eigenvalue weighted by Crippen LogP contribution is 2.39. The first kappa shape index (κ1) is 21.1. The summed E-state index contributed by atoms with van der Waals surface area (Å²) in [5.41, 5.74) is 3.93. The second-order valence-electron chi connectivity index (χ2n) is 6.79. The van der Waals surface area contributed by atoms with Crippen LogP contribution in [-0.2, 0) is 10.0 Å². The topological polar surface area (TPSA) is 81.4 Å². The van der Waals surface area contributed by atoms with Gasteiger partial charge in [-0.05, 0) is 57.7 Å². The lowest BCUT2D eigenvalue weighted by Crippen LogP contribution is -2.13. The first-order chi connectivity index (χ1) is 14.9. The molecule has 8 heteroatoms. The van der Waals surface area contributed by atoms with E-state index in [1.807, 2.05) is 54.6 Å². The lowest BCUT2D eigenvalue weighted by Gasteiger charge is -2.15. The molecule has 0 atom stereocenters. The zero-order valence-corrected chi connectivity index (χ0v) is 19.2. The Morgan fingerprint density at radius 2 is 1.65 bits per heavy atom. The second kappa shape index (κ2) is 8.56. The minimum absolute atomic E-state index is 0.0348. The lowest BCUT2D eigenvalue weighted by atomic mass is 9.94. The van der Waals surface area contributed by atoms with Crippen LogP contribution in [0.2, 0.25) is 0 Å². The molecule has 0 aliphatic heterocycles. The fourth-order valence-electron chi connectivity index (χ4n) is 3.25. The van der Waals surface area contributed by atoms with E-state index >= 15 is 0 Å². The van der Waals surface area contributed by atoms with Crippen molar-refractivity contribution < 1.29 is 17.7 Å². The van der Waals surface area contributed by atoms with Gasteiger partial charge in [-0.15, -0.1) is 0 Å². The van der Waals surface area contributed by atoms with Crippen LogP contribution in [0.4, 0.5) is 5.88 Å². The molecular formula is C23H19BrN2O4S. The number of nitrogens with one attached hydrogen (secondary N) is 1. The van der Waals surface area contributed by atoms with Crippen molar-refractivity contribution in [2.45, 2.75) is 11.8 Å². The van der Waals surface area contributed by atoms with Crippen molar-refractivity contribution in [2.24, 2.45) is 0 Å². The molecule has 0 aliphatic carbocycles. The summed E-state index contributed by atoms with van der Waals surface area (Å²) in [6, 6.07) is 22.2. The third-order valence-electron chi connectivity index (χ3n) is 4.80. The molecule has 4 aromatic rings. The number of benzene rings is 3. The molecule has 6 nitrogen and oxygen atoms in total. The number of halogens is 1. The highest BCUT2D eigenvalue weighted by molar-refractivity contribution is 9.10. The summed E-state index contributed by atoms with van der Waals surface area (Å²) in [6.45, 7) is 1.71. The zero-order valence-electron chi connectivity index (χ0n) is 16.8. The van der Waals surface area contributed by atoms with Gasteiger partial charge in [0.2, 0.25) is 0 Å². The first-order valence-corrected chi connectivity index (χ1v) is 11.7. The van der Waals surface area contributed by atoms with Crippen LogP contribution in [0.1, 0.15) is 5.69 Å². The lowest BCUT2D eigenvalue weighted by molar-refractivity contribution is 0.416. The van der Waals surface area contributed by atoms with E-state index in [0.29, 0.717) is 15.9 Å². The molecule has 1 aromatic heterocycles. The predicted molar refractivity (Wildman–Crippen MR) is 124 cm³/mol. The molecule has 1 N–H and O–H groups in total. The van der Waals surface area contributed by atoms with E-state index in [9.17, 15) is 8.42 Å². The fourth-order valence-corrected chi connectivity index (χ4v) is 4.65.